The first-order valence-corrected chi connectivity index (χ1v) is 11.8. The third kappa shape index (κ3) is 5.90. The summed E-state index contributed by atoms with van der Waals surface area (Å²) in [6.07, 6.45) is 0.454. The quantitative estimate of drug-likeness (QED) is 0.546. The van der Waals surface area contributed by atoms with Crippen molar-refractivity contribution in [2.75, 3.05) is 13.1 Å². The normalized spacial score (nSPS) is 13.7. The van der Waals surface area contributed by atoms with Gasteiger partial charge in [0.1, 0.15) is 6.04 Å². The van der Waals surface area contributed by atoms with Gasteiger partial charge in [0.2, 0.25) is 11.8 Å². The van der Waals surface area contributed by atoms with E-state index in [4.69, 9.17) is 0 Å². The average molecular weight is 464 g/mol. The molecule has 0 fully saturated rings. The van der Waals surface area contributed by atoms with Crippen molar-refractivity contribution in [2.45, 2.75) is 53.1 Å². The molecule has 1 heterocycles. The van der Waals surface area contributed by atoms with Crippen molar-refractivity contribution < 1.29 is 19.2 Å². The van der Waals surface area contributed by atoms with Crippen LogP contribution in [0.1, 0.15) is 65.5 Å². The number of aryl methyl sites for hydroxylation is 1. The second kappa shape index (κ2) is 11.1. The van der Waals surface area contributed by atoms with Gasteiger partial charge in [-0.2, -0.15) is 0 Å². The van der Waals surface area contributed by atoms with Gasteiger partial charge in [-0.25, -0.2) is 0 Å². The summed E-state index contributed by atoms with van der Waals surface area (Å²) < 4.78 is 0. The molecule has 0 saturated carbocycles. The lowest BCUT2D eigenvalue weighted by molar-refractivity contribution is -0.140. The molecule has 0 aromatic heterocycles. The SMILES string of the molecule is Cc1ccc(CN(C(=O)CCCN2C(=O)c3ccccc3C2=O)C(C)C(=O)NCC(C)C)cc1. The molecule has 0 spiro atoms. The molecule has 4 amide bonds. The van der Waals surface area contributed by atoms with Crippen molar-refractivity contribution in [2.24, 2.45) is 5.92 Å². The molecule has 0 aliphatic carbocycles. The van der Waals surface area contributed by atoms with Gasteiger partial charge in [-0.05, 0) is 43.9 Å². The minimum atomic E-state index is -0.646. The Morgan fingerprint density at radius 2 is 1.53 bits per heavy atom. The van der Waals surface area contributed by atoms with Gasteiger partial charge >= 0.3 is 0 Å². The molecule has 0 radical (unpaired) electrons. The average Bonchev–Trinajstić information content (AvgIpc) is 3.06. The van der Waals surface area contributed by atoms with Crippen LogP contribution in [0, 0.1) is 12.8 Å². The molecule has 1 N–H and O–H groups in total. The first-order valence-electron chi connectivity index (χ1n) is 11.8. The second-order valence-electron chi connectivity index (χ2n) is 9.23. The van der Waals surface area contributed by atoms with Gasteiger partial charge in [-0.15, -0.1) is 0 Å². The molecule has 180 valence electrons. The Labute approximate surface area is 201 Å². The number of rotatable bonds is 10. The van der Waals surface area contributed by atoms with E-state index in [1.54, 1.807) is 36.1 Å². The largest absolute Gasteiger partial charge is 0.354 e. The number of imide groups is 1. The van der Waals surface area contributed by atoms with Gasteiger partial charge in [-0.3, -0.25) is 24.1 Å². The molecule has 34 heavy (non-hydrogen) atoms. The number of carbonyl (C=O) groups excluding carboxylic acids is 4. The van der Waals surface area contributed by atoms with Gasteiger partial charge in [0.05, 0.1) is 11.1 Å². The number of hydrogen-bond donors (Lipinski definition) is 1. The Morgan fingerprint density at radius 1 is 0.941 bits per heavy atom. The summed E-state index contributed by atoms with van der Waals surface area (Å²) in [4.78, 5) is 53.8. The maximum Gasteiger partial charge on any atom is 0.261 e. The summed E-state index contributed by atoms with van der Waals surface area (Å²) in [6.45, 7) is 8.75. The summed E-state index contributed by atoms with van der Waals surface area (Å²) in [7, 11) is 0. The van der Waals surface area contributed by atoms with Crippen LogP contribution in [0.5, 0.6) is 0 Å². The number of amides is 4. The maximum atomic E-state index is 13.2. The van der Waals surface area contributed by atoms with Crippen LogP contribution in [0.3, 0.4) is 0 Å². The van der Waals surface area contributed by atoms with E-state index >= 15 is 0 Å². The van der Waals surface area contributed by atoms with Crippen molar-refractivity contribution >= 4 is 23.6 Å². The van der Waals surface area contributed by atoms with Gasteiger partial charge < -0.3 is 10.2 Å². The zero-order valence-electron chi connectivity index (χ0n) is 20.3. The number of nitrogens with zero attached hydrogens (tertiary/aromatic N) is 2. The standard InChI is InChI=1S/C27H33N3O4/c1-18(2)16-28-25(32)20(4)30(17-21-13-11-19(3)12-14-21)24(31)10-7-15-29-26(33)22-8-5-6-9-23(22)27(29)34/h5-6,8-9,11-14,18,20H,7,10,15-17H2,1-4H3,(H,28,32). The third-order valence-corrected chi connectivity index (χ3v) is 5.98. The summed E-state index contributed by atoms with van der Waals surface area (Å²) in [6, 6.07) is 13.9. The van der Waals surface area contributed by atoms with Crippen LogP contribution in [-0.4, -0.2) is 52.6 Å². The minimum absolute atomic E-state index is 0.126. The van der Waals surface area contributed by atoms with E-state index in [1.807, 2.05) is 45.0 Å². The Balaban J connectivity index is 1.66. The summed E-state index contributed by atoms with van der Waals surface area (Å²) in [5.74, 6) is -0.743. The molecule has 1 unspecified atom stereocenters. The number of benzene rings is 2. The van der Waals surface area contributed by atoms with Crippen LogP contribution in [0.15, 0.2) is 48.5 Å². The van der Waals surface area contributed by atoms with E-state index in [-0.39, 0.29) is 36.6 Å². The smallest absolute Gasteiger partial charge is 0.261 e. The lowest BCUT2D eigenvalue weighted by atomic mass is 10.1. The Kier molecular flexibility index (Phi) is 8.21. The van der Waals surface area contributed by atoms with Crippen LogP contribution < -0.4 is 5.32 Å². The molecule has 1 aliphatic heterocycles. The van der Waals surface area contributed by atoms with E-state index < -0.39 is 6.04 Å². The zero-order chi connectivity index (χ0) is 24.8. The first-order chi connectivity index (χ1) is 16.2. The van der Waals surface area contributed by atoms with Crippen molar-refractivity contribution in [3.63, 3.8) is 0 Å². The molecule has 0 bridgehead atoms. The second-order valence-corrected chi connectivity index (χ2v) is 9.23. The number of nitrogens with one attached hydrogen (secondary N) is 1. The van der Waals surface area contributed by atoms with E-state index in [9.17, 15) is 19.2 Å². The van der Waals surface area contributed by atoms with Crippen LogP contribution in [0.25, 0.3) is 0 Å². The molecule has 0 saturated heterocycles. The molecular formula is C27H33N3O4. The maximum absolute atomic E-state index is 13.2. The minimum Gasteiger partial charge on any atom is -0.354 e. The van der Waals surface area contributed by atoms with Crippen molar-refractivity contribution in [1.29, 1.82) is 0 Å². The van der Waals surface area contributed by atoms with E-state index in [0.29, 0.717) is 36.6 Å². The molecule has 3 rings (SSSR count). The summed E-state index contributed by atoms with van der Waals surface area (Å²) in [5, 5.41) is 2.90. The van der Waals surface area contributed by atoms with E-state index in [1.165, 1.54) is 4.90 Å². The summed E-state index contributed by atoms with van der Waals surface area (Å²) in [5.41, 5.74) is 2.85. The van der Waals surface area contributed by atoms with Gasteiger partial charge in [0, 0.05) is 26.1 Å². The topological polar surface area (TPSA) is 86.8 Å². The fraction of sp³-hybridized carbons (Fsp3) is 0.407. The molecule has 1 aliphatic rings. The third-order valence-electron chi connectivity index (χ3n) is 5.98. The van der Waals surface area contributed by atoms with Crippen molar-refractivity contribution in [3.05, 3.63) is 70.8 Å². The highest BCUT2D eigenvalue weighted by molar-refractivity contribution is 6.21. The van der Waals surface area contributed by atoms with Crippen molar-refractivity contribution in [3.8, 4) is 0 Å². The van der Waals surface area contributed by atoms with Gasteiger partial charge in [0.15, 0.2) is 0 Å². The fourth-order valence-electron chi connectivity index (χ4n) is 3.90. The Hall–Kier alpha value is -3.48. The summed E-state index contributed by atoms with van der Waals surface area (Å²) >= 11 is 0. The first kappa shape index (κ1) is 25.1. The van der Waals surface area contributed by atoms with Crippen LogP contribution >= 0.6 is 0 Å². The fourth-order valence-corrected chi connectivity index (χ4v) is 3.90. The van der Waals surface area contributed by atoms with E-state index in [0.717, 1.165) is 11.1 Å². The van der Waals surface area contributed by atoms with E-state index in [2.05, 4.69) is 5.32 Å². The van der Waals surface area contributed by atoms with Gasteiger partial charge in [-0.1, -0.05) is 55.8 Å². The number of carbonyl (C=O) groups is 4. The van der Waals surface area contributed by atoms with Crippen LogP contribution in [0.2, 0.25) is 0 Å². The zero-order valence-corrected chi connectivity index (χ0v) is 20.3. The number of hydrogen-bond acceptors (Lipinski definition) is 4. The van der Waals surface area contributed by atoms with Gasteiger partial charge in [0.25, 0.3) is 11.8 Å². The van der Waals surface area contributed by atoms with Crippen LogP contribution in [0.4, 0.5) is 0 Å². The predicted molar refractivity (Wildman–Crippen MR) is 130 cm³/mol. The molecular weight excluding hydrogens is 430 g/mol. The molecule has 7 heteroatoms. The lowest BCUT2D eigenvalue weighted by Crippen LogP contribution is -2.48. The highest BCUT2D eigenvalue weighted by atomic mass is 16.2. The monoisotopic (exact) mass is 463 g/mol. The highest BCUT2D eigenvalue weighted by Crippen LogP contribution is 2.23. The molecule has 2 aromatic rings. The highest BCUT2D eigenvalue weighted by Gasteiger charge is 2.35. The molecule has 1 atom stereocenters. The number of fused-ring (bicyclic) bond motifs is 1. The van der Waals surface area contributed by atoms with Crippen LogP contribution in [-0.2, 0) is 16.1 Å². The Bertz CT molecular complexity index is 1030. The Morgan fingerprint density at radius 3 is 2.09 bits per heavy atom. The van der Waals surface area contributed by atoms with Crippen molar-refractivity contribution in [1.82, 2.24) is 15.1 Å². The lowest BCUT2D eigenvalue weighted by Gasteiger charge is -2.29. The molecule has 2 aromatic carbocycles. The predicted octanol–water partition coefficient (Wildman–Crippen LogP) is 3.56. The molecule has 7 nitrogen and oxygen atoms in total.